The minimum atomic E-state index is -0.217. The standard InChI is InChI=1S/C15H16Br2FNS/c1-2-7-19-13(14-5-6-15(17)20-14)9-10-3-4-12(18)11(16)8-10/h3-6,8,13,19H,2,7,9H2,1H3. The van der Waals surface area contributed by atoms with E-state index in [4.69, 9.17) is 0 Å². The summed E-state index contributed by atoms with van der Waals surface area (Å²) in [7, 11) is 0. The molecular formula is C15H16Br2FNS. The van der Waals surface area contributed by atoms with Crippen LogP contribution < -0.4 is 5.32 Å². The number of rotatable bonds is 6. The van der Waals surface area contributed by atoms with E-state index in [1.54, 1.807) is 11.3 Å². The van der Waals surface area contributed by atoms with Crippen molar-refractivity contribution in [2.75, 3.05) is 6.54 Å². The van der Waals surface area contributed by atoms with Crippen LogP contribution in [0.5, 0.6) is 0 Å². The normalized spacial score (nSPS) is 12.6. The molecular weight excluding hydrogens is 405 g/mol. The summed E-state index contributed by atoms with van der Waals surface area (Å²) in [5.41, 5.74) is 1.12. The van der Waals surface area contributed by atoms with Gasteiger partial charge in [0.1, 0.15) is 5.82 Å². The fourth-order valence-electron chi connectivity index (χ4n) is 2.01. The van der Waals surface area contributed by atoms with Crippen LogP contribution in [0.3, 0.4) is 0 Å². The van der Waals surface area contributed by atoms with Crippen molar-refractivity contribution < 1.29 is 4.39 Å². The van der Waals surface area contributed by atoms with Crippen molar-refractivity contribution >= 4 is 43.2 Å². The summed E-state index contributed by atoms with van der Waals surface area (Å²) in [4.78, 5) is 1.30. The van der Waals surface area contributed by atoms with E-state index in [9.17, 15) is 4.39 Å². The topological polar surface area (TPSA) is 12.0 Å². The molecule has 108 valence electrons. The van der Waals surface area contributed by atoms with E-state index in [0.29, 0.717) is 4.47 Å². The minimum Gasteiger partial charge on any atom is -0.309 e. The molecule has 0 spiro atoms. The number of thiophene rings is 1. The zero-order valence-electron chi connectivity index (χ0n) is 11.1. The molecule has 0 saturated heterocycles. The van der Waals surface area contributed by atoms with Gasteiger partial charge in [0, 0.05) is 10.9 Å². The van der Waals surface area contributed by atoms with Crippen molar-refractivity contribution in [2.45, 2.75) is 25.8 Å². The third-order valence-electron chi connectivity index (χ3n) is 3.00. The molecule has 0 bridgehead atoms. The largest absolute Gasteiger partial charge is 0.309 e. The van der Waals surface area contributed by atoms with Crippen molar-refractivity contribution in [2.24, 2.45) is 0 Å². The van der Waals surface area contributed by atoms with E-state index in [-0.39, 0.29) is 11.9 Å². The third kappa shape index (κ3) is 4.38. The number of hydrogen-bond donors (Lipinski definition) is 1. The summed E-state index contributed by atoms with van der Waals surface area (Å²) in [6.45, 7) is 3.13. The molecule has 1 unspecified atom stereocenters. The Balaban J connectivity index is 2.16. The van der Waals surface area contributed by atoms with Gasteiger partial charge in [0.15, 0.2) is 0 Å². The van der Waals surface area contributed by atoms with Gasteiger partial charge >= 0.3 is 0 Å². The molecule has 0 aliphatic rings. The second-order valence-electron chi connectivity index (χ2n) is 4.60. The first-order valence-corrected chi connectivity index (χ1v) is 8.93. The molecule has 1 aromatic carbocycles. The van der Waals surface area contributed by atoms with Crippen LogP contribution in [0.2, 0.25) is 0 Å². The molecule has 0 amide bonds. The third-order valence-corrected chi connectivity index (χ3v) is 5.35. The van der Waals surface area contributed by atoms with Gasteiger partial charge < -0.3 is 5.32 Å². The predicted molar refractivity (Wildman–Crippen MR) is 90.9 cm³/mol. The molecule has 20 heavy (non-hydrogen) atoms. The monoisotopic (exact) mass is 419 g/mol. The van der Waals surface area contributed by atoms with Gasteiger partial charge in [-0.15, -0.1) is 11.3 Å². The average Bonchev–Trinajstić information content (AvgIpc) is 2.85. The average molecular weight is 421 g/mol. The molecule has 1 atom stereocenters. The first kappa shape index (κ1) is 16.1. The van der Waals surface area contributed by atoms with Gasteiger partial charge in [-0.1, -0.05) is 13.0 Å². The highest BCUT2D eigenvalue weighted by atomic mass is 79.9. The van der Waals surface area contributed by atoms with Gasteiger partial charge in [-0.05, 0) is 81.1 Å². The minimum absolute atomic E-state index is 0.217. The van der Waals surface area contributed by atoms with Crippen LogP contribution >= 0.6 is 43.2 Å². The van der Waals surface area contributed by atoms with E-state index in [1.807, 2.05) is 12.1 Å². The Hall–Kier alpha value is -0.230. The van der Waals surface area contributed by atoms with Crippen LogP contribution in [0.4, 0.5) is 4.39 Å². The van der Waals surface area contributed by atoms with Crippen LogP contribution in [0.15, 0.2) is 38.6 Å². The van der Waals surface area contributed by atoms with Crippen LogP contribution in [0.25, 0.3) is 0 Å². The molecule has 0 aliphatic carbocycles. The van der Waals surface area contributed by atoms with Gasteiger partial charge in [-0.2, -0.15) is 0 Å². The fourth-order valence-corrected chi connectivity index (χ4v) is 3.94. The first-order valence-electron chi connectivity index (χ1n) is 6.52. The highest BCUT2D eigenvalue weighted by Gasteiger charge is 2.14. The van der Waals surface area contributed by atoms with Crippen molar-refractivity contribution in [3.63, 3.8) is 0 Å². The quantitative estimate of drug-likeness (QED) is 0.632. The Bertz CT molecular complexity index is 571. The van der Waals surface area contributed by atoms with Crippen LogP contribution in [0, 0.1) is 5.82 Å². The van der Waals surface area contributed by atoms with E-state index in [1.165, 1.54) is 10.9 Å². The van der Waals surface area contributed by atoms with Gasteiger partial charge in [-0.25, -0.2) is 4.39 Å². The number of hydrogen-bond acceptors (Lipinski definition) is 2. The highest BCUT2D eigenvalue weighted by molar-refractivity contribution is 9.11. The molecule has 0 fully saturated rings. The van der Waals surface area contributed by atoms with Crippen molar-refractivity contribution in [3.05, 3.63) is 54.8 Å². The molecule has 0 aliphatic heterocycles. The summed E-state index contributed by atoms with van der Waals surface area (Å²) in [5, 5.41) is 3.56. The lowest BCUT2D eigenvalue weighted by Gasteiger charge is -2.17. The second kappa shape index (κ2) is 7.69. The molecule has 2 rings (SSSR count). The Labute approximate surface area is 139 Å². The lowest BCUT2D eigenvalue weighted by molar-refractivity contribution is 0.535. The maximum atomic E-state index is 13.3. The molecule has 5 heteroatoms. The zero-order valence-corrected chi connectivity index (χ0v) is 15.1. The summed E-state index contributed by atoms with van der Waals surface area (Å²) >= 11 is 8.50. The van der Waals surface area contributed by atoms with E-state index in [2.05, 4.69) is 56.2 Å². The summed E-state index contributed by atoms with van der Waals surface area (Å²) in [5.74, 6) is -0.217. The Morgan fingerprint density at radius 2 is 2.05 bits per heavy atom. The number of nitrogens with one attached hydrogen (secondary N) is 1. The van der Waals surface area contributed by atoms with Gasteiger partial charge in [0.2, 0.25) is 0 Å². The zero-order chi connectivity index (χ0) is 14.5. The van der Waals surface area contributed by atoms with Crippen molar-refractivity contribution in [3.8, 4) is 0 Å². The van der Waals surface area contributed by atoms with E-state index in [0.717, 1.165) is 28.7 Å². The van der Waals surface area contributed by atoms with Crippen LogP contribution in [-0.4, -0.2) is 6.54 Å². The second-order valence-corrected chi connectivity index (χ2v) is 7.95. The van der Waals surface area contributed by atoms with Crippen LogP contribution in [-0.2, 0) is 6.42 Å². The van der Waals surface area contributed by atoms with Gasteiger partial charge in [-0.3, -0.25) is 0 Å². The van der Waals surface area contributed by atoms with Gasteiger partial charge in [0.05, 0.1) is 8.26 Å². The van der Waals surface area contributed by atoms with Crippen molar-refractivity contribution in [1.82, 2.24) is 5.32 Å². The molecule has 1 heterocycles. The fraction of sp³-hybridized carbons (Fsp3) is 0.333. The van der Waals surface area contributed by atoms with Gasteiger partial charge in [0.25, 0.3) is 0 Å². The first-order chi connectivity index (χ1) is 9.60. The summed E-state index contributed by atoms with van der Waals surface area (Å²) in [6.07, 6.45) is 1.95. The Morgan fingerprint density at radius 3 is 2.65 bits per heavy atom. The molecule has 2 aromatic rings. The number of halogens is 3. The molecule has 1 aromatic heterocycles. The Kier molecular flexibility index (Phi) is 6.20. The molecule has 0 saturated carbocycles. The van der Waals surface area contributed by atoms with E-state index < -0.39 is 0 Å². The summed E-state index contributed by atoms with van der Waals surface area (Å²) < 4.78 is 15.0. The smallest absolute Gasteiger partial charge is 0.137 e. The maximum Gasteiger partial charge on any atom is 0.137 e. The predicted octanol–water partition coefficient (Wildman–Crippen LogP) is 5.70. The van der Waals surface area contributed by atoms with Crippen LogP contribution in [0.1, 0.15) is 29.8 Å². The molecule has 1 nitrogen and oxygen atoms in total. The van der Waals surface area contributed by atoms with Crippen molar-refractivity contribution in [1.29, 1.82) is 0 Å². The lowest BCUT2D eigenvalue weighted by atomic mass is 10.0. The Morgan fingerprint density at radius 1 is 1.25 bits per heavy atom. The SMILES string of the molecule is CCCNC(Cc1ccc(F)c(Br)c1)c1ccc(Br)s1. The van der Waals surface area contributed by atoms with E-state index >= 15 is 0 Å². The maximum absolute atomic E-state index is 13.3. The lowest BCUT2D eigenvalue weighted by Crippen LogP contribution is -2.23. The summed E-state index contributed by atoms with van der Waals surface area (Å²) in [6, 6.07) is 9.70. The highest BCUT2D eigenvalue weighted by Crippen LogP contribution is 2.30. The number of benzene rings is 1. The molecule has 1 N–H and O–H groups in total. The molecule has 0 radical (unpaired) electrons.